The Labute approximate surface area is 64.4 Å². The van der Waals surface area contributed by atoms with Gasteiger partial charge in [0.05, 0.1) is 0 Å². The lowest BCUT2D eigenvalue weighted by Crippen LogP contribution is -2.40. The lowest BCUT2D eigenvalue weighted by molar-refractivity contribution is -0.169. The Morgan fingerprint density at radius 2 is 2.36 bits per heavy atom. The van der Waals surface area contributed by atoms with Gasteiger partial charge >= 0.3 is 0 Å². The van der Waals surface area contributed by atoms with E-state index in [1.165, 1.54) is 7.11 Å². The second-order valence-corrected chi connectivity index (χ2v) is 2.70. The van der Waals surface area contributed by atoms with E-state index in [0.29, 0.717) is 5.76 Å². The molecule has 11 heavy (non-hydrogen) atoms. The molecule has 2 heterocycles. The van der Waals surface area contributed by atoms with Crippen LogP contribution in [0.5, 0.6) is 0 Å². The average Bonchev–Trinajstić information content (AvgIpc) is 2.75. The summed E-state index contributed by atoms with van der Waals surface area (Å²) in [6.45, 7) is 3.63. The number of ether oxygens (including phenoxy) is 3. The van der Waals surface area contributed by atoms with Crippen LogP contribution in [0, 0.1) is 0 Å². The summed E-state index contributed by atoms with van der Waals surface area (Å²) in [5.74, 6) is 0.548. The maximum atomic E-state index is 9.38. The topological polar surface area (TPSA) is 51.2 Å². The third-order valence-corrected chi connectivity index (χ3v) is 1.96. The van der Waals surface area contributed by atoms with Crippen molar-refractivity contribution in [2.45, 2.75) is 24.6 Å². The molecule has 4 heteroatoms. The van der Waals surface area contributed by atoms with Gasteiger partial charge < -0.3 is 19.3 Å². The van der Waals surface area contributed by atoms with Gasteiger partial charge in [0.1, 0.15) is 24.1 Å². The summed E-state index contributed by atoms with van der Waals surface area (Å²) in [4.78, 5) is 0. The number of hydrogen-bond acceptors (Lipinski definition) is 4. The van der Waals surface area contributed by atoms with Crippen LogP contribution in [0.3, 0.4) is 0 Å². The first-order valence-corrected chi connectivity index (χ1v) is 3.46. The Morgan fingerprint density at radius 3 is 3.00 bits per heavy atom. The Bertz CT molecular complexity index is 191. The van der Waals surface area contributed by atoms with Crippen molar-refractivity contribution in [2.75, 3.05) is 7.11 Å². The summed E-state index contributed by atoms with van der Waals surface area (Å²) in [5.41, 5.74) is 0. The molecule has 0 amide bonds. The first kappa shape index (κ1) is 7.09. The maximum absolute atomic E-state index is 9.38. The number of hydrogen-bond donors (Lipinski definition) is 1. The number of epoxide rings is 1. The molecule has 0 aromatic heterocycles. The summed E-state index contributed by atoms with van der Waals surface area (Å²) in [5, 5.41) is 9.38. The van der Waals surface area contributed by atoms with E-state index in [9.17, 15) is 5.11 Å². The van der Waals surface area contributed by atoms with Crippen molar-refractivity contribution in [2.24, 2.45) is 0 Å². The fraction of sp³-hybridized carbons (Fsp3) is 0.714. The third kappa shape index (κ3) is 0.946. The highest BCUT2D eigenvalue weighted by Gasteiger charge is 2.55. The van der Waals surface area contributed by atoms with Crippen LogP contribution >= 0.6 is 0 Å². The van der Waals surface area contributed by atoms with Crippen molar-refractivity contribution in [3.05, 3.63) is 12.3 Å². The van der Waals surface area contributed by atoms with Crippen molar-refractivity contribution < 1.29 is 19.3 Å². The van der Waals surface area contributed by atoms with Gasteiger partial charge in [-0.25, -0.2) is 0 Å². The first-order valence-electron chi connectivity index (χ1n) is 3.46. The largest absolute Gasteiger partial charge is 0.464 e. The molecule has 0 radical (unpaired) electrons. The molecule has 2 rings (SSSR count). The highest BCUT2D eigenvalue weighted by atomic mass is 16.7. The van der Waals surface area contributed by atoms with E-state index in [1.807, 2.05) is 0 Å². The second kappa shape index (κ2) is 2.20. The van der Waals surface area contributed by atoms with Crippen LogP contribution in [-0.2, 0) is 14.2 Å². The van der Waals surface area contributed by atoms with Crippen molar-refractivity contribution in [1.29, 1.82) is 0 Å². The summed E-state index contributed by atoms with van der Waals surface area (Å²) >= 11 is 0. The van der Waals surface area contributed by atoms with Crippen LogP contribution in [0.15, 0.2) is 12.3 Å². The van der Waals surface area contributed by atoms with Gasteiger partial charge in [-0.1, -0.05) is 6.58 Å². The lowest BCUT2D eigenvalue weighted by atomic mass is 10.1. The Balaban J connectivity index is 2.08. The van der Waals surface area contributed by atoms with Crippen molar-refractivity contribution in [3.63, 3.8) is 0 Å². The minimum atomic E-state index is -0.685. The fourth-order valence-electron chi connectivity index (χ4n) is 1.27. The predicted molar refractivity (Wildman–Crippen MR) is 35.7 cm³/mol. The zero-order valence-corrected chi connectivity index (χ0v) is 6.19. The molecule has 62 valence electrons. The van der Waals surface area contributed by atoms with E-state index in [4.69, 9.17) is 14.2 Å². The molecular formula is C7H10O4. The van der Waals surface area contributed by atoms with Gasteiger partial charge in [-0.05, 0) is 0 Å². The lowest BCUT2D eigenvalue weighted by Gasteiger charge is -2.25. The van der Waals surface area contributed by atoms with Gasteiger partial charge in [0.2, 0.25) is 6.29 Å². The van der Waals surface area contributed by atoms with Crippen LogP contribution in [0.25, 0.3) is 0 Å². The molecule has 0 aromatic carbocycles. The standard InChI is InChI=1S/C7H10O4/c1-3-5-6(11-5)4(8)7(9-2)10-3/h4-8H,1H2,2H3/t4-,5+,6-,7?/m0/s1. The predicted octanol–water partition coefficient (Wildman–Crippen LogP) is -0.369. The zero-order chi connectivity index (χ0) is 8.01. The molecule has 2 aliphatic rings. The van der Waals surface area contributed by atoms with Gasteiger partial charge in [0.25, 0.3) is 0 Å². The number of aliphatic hydroxyl groups is 1. The zero-order valence-electron chi connectivity index (χ0n) is 6.19. The fourth-order valence-corrected chi connectivity index (χ4v) is 1.27. The Hall–Kier alpha value is -0.580. The molecule has 0 spiro atoms. The molecule has 4 nitrogen and oxygen atoms in total. The van der Waals surface area contributed by atoms with Crippen LogP contribution in [0.4, 0.5) is 0 Å². The van der Waals surface area contributed by atoms with E-state index < -0.39 is 12.4 Å². The molecule has 0 saturated carbocycles. The quantitative estimate of drug-likeness (QED) is 0.529. The van der Waals surface area contributed by atoms with E-state index in [1.54, 1.807) is 0 Å². The summed E-state index contributed by atoms with van der Waals surface area (Å²) in [6, 6.07) is 0. The van der Waals surface area contributed by atoms with E-state index >= 15 is 0 Å². The second-order valence-electron chi connectivity index (χ2n) is 2.70. The van der Waals surface area contributed by atoms with Crippen molar-refractivity contribution in [3.8, 4) is 0 Å². The molecule has 0 bridgehead atoms. The van der Waals surface area contributed by atoms with Crippen molar-refractivity contribution >= 4 is 0 Å². The molecule has 2 saturated heterocycles. The van der Waals surface area contributed by atoms with Crippen LogP contribution in [0.2, 0.25) is 0 Å². The van der Waals surface area contributed by atoms with E-state index in [2.05, 4.69) is 6.58 Å². The van der Waals surface area contributed by atoms with Gasteiger partial charge in [-0.15, -0.1) is 0 Å². The van der Waals surface area contributed by atoms with Gasteiger partial charge in [0.15, 0.2) is 0 Å². The van der Waals surface area contributed by atoms with E-state index in [0.717, 1.165) is 0 Å². The van der Waals surface area contributed by atoms with Gasteiger partial charge in [0, 0.05) is 7.11 Å². The van der Waals surface area contributed by atoms with Gasteiger partial charge in [-0.3, -0.25) is 0 Å². The summed E-state index contributed by atoms with van der Waals surface area (Å²) in [7, 11) is 1.48. The monoisotopic (exact) mass is 158 g/mol. The third-order valence-electron chi connectivity index (χ3n) is 1.96. The molecule has 0 aliphatic carbocycles. The highest BCUT2D eigenvalue weighted by molar-refractivity contribution is 5.13. The smallest absolute Gasteiger partial charge is 0.228 e. The molecule has 1 N–H and O–H groups in total. The number of methoxy groups -OCH3 is 1. The van der Waals surface area contributed by atoms with Crippen LogP contribution in [-0.4, -0.2) is 36.8 Å². The molecule has 0 aromatic rings. The maximum Gasteiger partial charge on any atom is 0.228 e. The summed E-state index contributed by atoms with van der Waals surface area (Å²) < 4.78 is 15.0. The van der Waals surface area contributed by atoms with Crippen LogP contribution in [0.1, 0.15) is 0 Å². The molecule has 2 fully saturated rings. The Kier molecular flexibility index (Phi) is 1.42. The normalized spacial score (nSPS) is 48.0. The Morgan fingerprint density at radius 1 is 1.64 bits per heavy atom. The first-order chi connectivity index (χ1) is 5.24. The minimum absolute atomic E-state index is 0.114. The minimum Gasteiger partial charge on any atom is -0.464 e. The average molecular weight is 158 g/mol. The highest BCUT2D eigenvalue weighted by Crippen LogP contribution is 2.38. The van der Waals surface area contributed by atoms with Gasteiger partial charge in [-0.2, -0.15) is 0 Å². The molecular weight excluding hydrogens is 148 g/mol. The number of aliphatic hydroxyl groups excluding tert-OH is 1. The number of fused-ring (bicyclic) bond motifs is 1. The van der Waals surface area contributed by atoms with Crippen molar-refractivity contribution in [1.82, 2.24) is 0 Å². The molecule has 2 aliphatic heterocycles. The van der Waals surface area contributed by atoms with E-state index in [-0.39, 0.29) is 12.2 Å². The molecule has 1 unspecified atom stereocenters. The SMILES string of the molecule is C=C1OC(OC)[C@@H](O)[C@@H]2O[C@H]12. The van der Waals surface area contributed by atoms with Crippen LogP contribution < -0.4 is 0 Å². The number of rotatable bonds is 1. The summed E-state index contributed by atoms with van der Waals surface area (Å²) in [6.07, 6.45) is -1.58. The molecule has 4 atom stereocenters.